The summed E-state index contributed by atoms with van der Waals surface area (Å²) < 4.78 is 4.53. The van der Waals surface area contributed by atoms with Gasteiger partial charge in [0.15, 0.2) is 0 Å². The Balaban J connectivity index is 2.57. The van der Waals surface area contributed by atoms with E-state index in [1.807, 2.05) is 31.2 Å². The molecular weight excluding hydrogens is 214 g/mol. The number of methoxy groups -OCH3 is 1. The summed E-state index contributed by atoms with van der Waals surface area (Å²) in [5.41, 5.74) is 0.975. The van der Waals surface area contributed by atoms with E-state index in [0.29, 0.717) is 5.02 Å². The van der Waals surface area contributed by atoms with Gasteiger partial charge in [-0.15, -0.1) is 0 Å². The molecule has 0 aliphatic carbocycles. The summed E-state index contributed by atoms with van der Waals surface area (Å²) in [5, 5.41) is 3.73. The smallest absolute Gasteiger partial charge is 0.319 e. The Bertz CT molecular complexity index is 341. The Labute approximate surface area is 94.4 Å². The monoisotopic (exact) mass is 227 g/mol. The molecule has 82 valence electrons. The van der Waals surface area contributed by atoms with Crippen molar-refractivity contribution in [3.05, 3.63) is 34.9 Å². The maximum atomic E-state index is 10.9. The van der Waals surface area contributed by atoms with Gasteiger partial charge in [0.25, 0.3) is 0 Å². The summed E-state index contributed by atoms with van der Waals surface area (Å²) in [5.74, 6) is -0.283. The average Bonchev–Trinajstić information content (AvgIpc) is 2.26. The summed E-state index contributed by atoms with van der Waals surface area (Å²) in [6, 6.07) is 7.57. The molecule has 0 saturated carbocycles. The zero-order chi connectivity index (χ0) is 11.3. The highest BCUT2D eigenvalue weighted by molar-refractivity contribution is 6.31. The molecular formula is C11H14ClNO2. The lowest BCUT2D eigenvalue weighted by atomic mass is 10.1. The lowest BCUT2D eigenvalue weighted by Gasteiger charge is -2.14. The van der Waals surface area contributed by atoms with Gasteiger partial charge in [-0.3, -0.25) is 4.79 Å². The standard InChI is InChI=1S/C11H14ClNO2/c1-8(13-7-11(14)15-2)9-5-3-4-6-10(9)12/h3-6,8,13H,7H2,1-2H3/t8-/m0/s1. The predicted octanol–water partition coefficient (Wildman–Crippen LogP) is 2.16. The van der Waals surface area contributed by atoms with E-state index in [0.717, 1.165) is 5.56 Å². The lowest BCUT2D eigenvalue weighted by molar-refractivity contribution is -0.139. The highest BCUT2D eigenvalue weighted by Gasteiger charge is 2.09. The number of nitrogens with one attached hydrogen (secondary N) is 1. The summed E-state index contributed by atoms with van der Waals surface area (Å²) in [6.45, 7) is 2.13. The second-order valence-electron chi connectivity index (χ2n) is 3.20. The minimum Gasteiger partial charge on any atom is -0.468 e. The van der Waals surface area contributed by atoms with Crippen LogP contribution in [0.2, 0.25) is 5.02 Å². The largest absolute Gasteiger partial charge is 0.468 e. The Hall–Kier alpha value is -1.06. The van der Waals surface area contributed by atoms with Crippen LogP contribution in [0, 0.1) is 0 Å². The van der Waals surface area contributed by atoms with Crippen LogP contribution in [0.1, 0.15) is 18.5 Å². The van der Waals surface area contributed by atoms with Crippen LogP contribution in [0.15, 0.2) is 24.3 Å². The van der Waals surface area contributed by atoms with Gasteiger partial charge in [0.1, 0.15) is 0 Å². The Morgan fingerprint density at radius 2 is 2.20 bits per heavy atom. The fourth-order valence-corrected chi connectivity index (χ4v) is 1.54. The van der Waals surface area contributed by atoms with E-state index < -0.39 is 0 Å². The molecule has 1 rings (SSSR count). The van der Waals surface area contributed by atoms with E-state index >= 15 is 0 Å². The summed E-state index contributed by atoms with van der Waals surface area (Å²) in [4.78, 5) is 10.9. The van der Waals surface area contributed by atoms with Gasteiger partial charge in [-0.2, -0.15) is 0 Å². The molecule has 4 heteroatoms. The third-order valence-corrected chi connectivity index (χ3v) is 2.50. The molecule has 0 fully saturated rings. The van der Waals surface area contributed by atoms with Crippen molar-refractivity contribution >= 4 is 17.6 Å². The van der Waals surface area contributed by atoms with Crippen molar-refractivity contribution < 1.29 is 9.53 Å². The first kappa shape index (κ1) is 12.0. The summed E-state index contributed by atoms with van der Waals surface area (Å²) in [7, 11) is 1.37. The van der Waals surface area contributed by atoms with Crippen molar-refractivity contribution in [1.29, 1.82) is 0 Å². The summed E-state index contributed by atoms with van der Waals surface area (Å²) >= 11 is 6.01. The highest BCUT2D eigenvalue weighted by atomic mass is 35.5. The molecule has 1 atom stereocenters. The molecule has 0 amide bonds. The van der Waals surface area contributed by atoms with Crippen LogP contribution < -0.4 is 5.32 Å². The van der Waals surface area contributed by atoms with Gasteiger partial charge < -0.3 is 10.1 Å². The molecule has 0 saturated heterocycles. The van der Waals surface area contributed by atoms with E-state index in [1.165, 1.54) is 7.11 Å². The van der Waals surface area contributed by atoms with Gasteiger partial charge in [-0.25, -0.2) is 0 Å². The number of halogens is 1. The summed E-state index contributed by atoms with van der Waals surface area (Å²) in [6.07, 6.45) is 0. The van der Waals surface area contributed by atoms with Gasteiger partial charge in [-0.05, 0) is 18.6 Å². The molecule has 0 aromatic heterocycles. The highest BCUT2D eigenvalue weighted by Crippen LogP contribution is 2.21. The van der Waals surface area contributed by atoms with Crippen molar-refractivity contribution in [3.8, 4) is 0 Å². The van der Waals surface area contributed by atoms with Crippen LogP contribution in [-0.2, 0) is 9.53 Å². The van der Waals surface area contributed by atoms with E-state index in [1.54, 1.807) is 0 Å². The first-order valence-corrected chi connectivity index (χ1v) is 5.07. The van der Waals surface area contributed by atoms with E-state index in [2.05, 4.69) is 10.1 Å². The normalized spacial score (nSPS) is 12.2. The Kier molecular flexibility index (Phi) is 4.59. The Morgan fingerprint density at radius 1 is 1.53 bits per heavy atom. The van der Waals surface area contributed by atoms with Gasteiger partial charge >= 0.3 is 5.97 Å². The van der Waals surface area contributed by atoms with Crippen molar-refractivity contribution in [1.82, 2.24) is 5.32 Å². The number of rotatable bonds is 4. The maximum Gasteiger partial charge on any atom is 0.319 e. The first-order valence-electron chi connectivity index (χ1n) is 4.69. The molecule has 1 aromatic carbocycles. The maximum absolute atomic E-state index is 10.9. The van der Waals surface area contributed by atoms with Gasteiger partial charge in [0, 0.05) is 11.1 Å². The van der Waals surface area contributed by atoms with E-state index in [-0.39, 0.29) is 18.6 Å². The fraction of sp³-hybridized carbons (Fsp3) is 0.364. The van der Waals surface area contributed by atoms with Crippen LogP contribution in [0.3, 0.4) is 0 Å². The van der Waals surface area contributed by atoms with Gasteiger partial charge in [0.2, 0.25) is 0 Å². The number of carbonyl (C=O) groups is 1. The van der Waals surface area contributed by atoms with E-state index in [4.69, 9.17) is 11.6 Å². The third kappa shape index (κ3) is 3.53. The molecule has 0 bridgehead atoms. The molecule has 0 aliphatic rings. The van der Waals surface area contributed by atoms with E-state index in [9.17, 15) is 4.79 Å². The second kappa shape index (κ2) is 5.73. The molecule has 3 nitrogen and oxygen atoms in total. The first-order chi connectivity index (χ1) is 7.15. The minimum absolute atomic E-state index is 0.0257. The fourth-order valence-electron chi connectivity index (χ4n) is 1.24. The molecule has 0 unspecified atom stereocenters. The van der Waals surface area contributed by atoms with Gasteiger partial charge in [-0.1, -0.05) is 29.8 Å². The molecule has 15 heavy (non-hydrogen) atoms. The van der Waals surface area contributed by atoms with Crippen LogP contribution in [-0.4, -0.2) is 19.6 Å². The van der Waals surface area contributed by atoms with Crippen molar-refractivity contribution in [3.63, 3.8) is 0 Å². The average molecular weight is 228 g/mol. The predicted molar refractivity (Wildman–Crippen MR) is 59.9 cm³/mol. The van der Waals surface area contributed by atoms with Crippen LogP contribution in [0.5, 0.6) is 0 Å². The number of ether oxygens (including phenoxy) is 1. The number of esters is 1. The van der Waals surface area contributed by atoms with Crippen LogP contribution in [0.25, 0.3) is 0 Å². The number of carbonyl (C=O) groups excluding carboxylic acids is 1. The second-order valence-corrected chi connectivity index (χ2v) is 3.61. The molecule has 0 aliphatic heterocycles. The molecule has 0 radical (unpaired) electrons. The van der Waals surface area contributed by atoms with Crippen LogP contribution >= 0.6 is 11.6 Å². The quantitative estimate of drug-likeness (QED) is 0.802. The molecule has 1 aromatic rings. The Morgan fingerprint density at radius 3 is 2.80 bits per heavy atom. The molecule has 0 heterocycles. The SMILES string of the molecule is COC(=O)CN[C@@H](C)c1ccccc1Cl. The zero-order valence-corrected chi connectivity index (χ0v) is 9.54. The number of benzene rings is 1. The number of hydrogen-bond acceptors (Lipinski definition) is 3. The minimum atomic E-state index is -0.283. The van der Waals surface area contributed by atoms with Crippen molar-refractivity contribution in [2.75, 3.05) is 13.7 Å². The molecule has 1 N–H and O–H groups in total. The van der Waals surface area contributed by atoms with Crippen LogP contribution in [0.4, 0.5) is 0 Å². The van der Waals surface area contributed by atoms with Crippen molar-refractivity contribution in [2.45, 2.75) is 13.0 Å². The van der Waals surface area contributed by atoms with Gasteiger partial charge in [0.05, 0.1) is 13.7 Å². The zero-order valence-electron chi connectivity index (χ0n) is 8.79. The topological polar surface area (TPSA) is 38.3 Å². The lowest BCUT2D eigenvalue weighted by Crippen LogP contribution is -2.26. The molecule has 0 spiro atoms. The third-order valence-electron chi connectivity index (χ3n) is 2.15. The van der Waals surface area contributed by atoms with Crippen molar-refractivity contribution in [2.24, 2.45) is 0 Å². The number of hydrogen-bond donors (Lipinski definition) is 1.